The minimum Gasteiger partial charge on any atom is -0.360 e. The molecule has 3 rings (SSSR count). The van der Waals surface area contributed by atoms with E-state index in [0.29, 0.717) is 5.39 Å². The number of alkyl halides is 3. The zero-order valence-corrected chi connectivity index (χ0v) is 13.8. The van der Waals surface area contributed by atoms with Crippen LogP contribution in [0.2, 0.25) is 0 Å². The van der Waals surface area contributed by atoms with E-state index >= 15 is 0 Å². The first-order chi connectivity index (χ1) is 12.3. The number of hydrogen-bond donors (Lipinski definition) is 2. The molecule has 0 radical (unpaired) electrons. The monoisotopic (exact) mass is 360 g/mol. The molecule has 3 aromatic rings. The molecule has 1 aromatic heterocycles. The lowest BCUT2D eigenvalue weighted by molar-refractivity contribution is -0.137. The van der Waals surface area contributed by atoms with Crippen LogP contribution in [0.25, 0.3) is 10.9 Å². The standard InChI is InChI=1S/C19H15F3N2O2/c1-2-11-6-5-7-12-13(10-23-16(11)12)17(25)18(26)24-15-9-4-3-8-14(15)19(20,21)22/h3-10,23H,2H2,1H3,(H,24,26). The number of hydrogen-bond acceptors (Lipinski definition) is 2. The smallest absolute Gasteiger partial charge is 0.360 e. The maximum Gasteiger partial charge on any atom is 0.418 e. The molecule has 134 valence electrons. The molecule has 0 bridgehead atoms. The van der Waals surface area contributed by atoms with Crippen LogP contribution in [0.1, 0.15) is 28.4 Å². The summed E-state index contributed by atoms with van der Waals surface area (Å²) in [7, 11) is 0. The Hall–Kier alpha value is -3.09. The number of aromatic amines is 1. The minimum atomic E-state index is -4.64. The number of nitrogens with one attached hydrogen (secondary N) is 2. The van der Waals surface area contributed by atoms with Gasteiger partial charge in [-0.25, -0.2) is 0 Å². The van der Waals surface area contributed by atoms with E-state index in [2.05, 4.69) is 10.3 Å². The van der Waals surface area contributed by atoms with Gasteiger partial charge in [0.1, 0.15) is 0 Å². The van der Waals surface area contributed by atoms with Gasteiger partial charge in [0.25, 0.3) is 11.7 Å². The summed E-state index contributed by atoms with van der Waals surface area (Å²) in [6.45, 7) is 1.96. The lowest BCUT2D eigenvalue weighted by Gasteiger charge is -2.13. The highest BCUT2D eigenvalue weighted by Crippen LogP contribution is 2.34. The molecule has 4 nitrogen and oxygen atoms in total. The number of aromatic nitrogens is 1. The molecule has 0 spiro atoms. The van der Waals surface area contributed by atoms with Crippen molar-refractivity contribution in [3.8, 4) is 0 Å². The van der Waals surface area contributed by atoms with Gasteiger partial charge in [-0.2, -0.15) is 13.2 Å². The fraction of sp³-hybridized carbons (Fsp3) is 0.158. The average molecular weight is 360 g/mol. The van der Waals surface area contributed by atoms with Crippen molar-refractivity contribution in [1.29, 1.82) is 0 Å². The molecule has 0 atom stereocenters. The highest BCUT2D eigenvalue weighted by Gasteiger charge is 2.34. The first-order valence-corrected chi connectivity index (χ1v) is 7.93. The second kappa shape index (κ2) is 6.67. The maximum atomic E-state index is 13.0. The van der Waals surface area contributed by atoms with Gasteiger partial charge in [0.05, 0.1) is 16.8 Å². The van der Waals surface area contributed by atoms with E-state index in [-0.39, 0.29) is 5.56 Å². The molecular formula is C19H15F3N2O2. The van der Waals surface area contributed by atoms with Gasteiger partial charge in [-0.1, -0.05) is 37.3 Å². The lowest BCUT2D eigenvalue weighted by atomic mass is 10.0. The Kier molecular flexibility index (Phi) is 4.54. The minimum absolute atomic E-state index is 0.122. The third kappa shape index (κ3) is 3.20. The Morgan fingerprint density at radius 2 is 1.81 bits per heavy atom. The van der Waals surface area contributed by atoms with Gasteiger partial charge in [-0.15, -0.1) is 0 Å². The molecule has 0 saturated heterocycles. The van der Waals surface area contributed by atoms with Crippen LogP contribution in [0.4, 0.5) is 18.9 Å². The second-order valence-corrected chi connectivity index (χ2v) is 5.72. The molecule has 0 fully saturated rings. The van der Waals surface area contributed by atoms with Crippen molar-refractivity contribution >= 4 is 28.3 Å². The number of halogens is 3. The molecule has 7 heteroatoms. The van der Waals surface area contributed by atoms with Gasteiger partial charge in [-0.3, -0.25) is 9.59 Å². The summed E-state index contributed by atoms with van der Waals surface area (Å²) < 4.78 is 39.1. The number of rotatable bonds is 4. The van der Waals surface area contributed by atoms with E-state index in [1.165, 1.54) is 18.3 Å². The Morgan fingerprint density at radius 1 is 1.08 bits per heavy atom. The van der Waals surface area contributed by atoms with Crippen molar-refractivity contribution in [2.45, 2.75) is 19.5 Å². The van der Waals surface area contributed by atoms with E-state index in [0.717, 1.165) is 29.6 Å². The summed E-state index contributed by atoms with van der Waals surface area (Å²) in [6, 6.07) is 9.88. The number of benzene rings is 2. The van der Waals surface area contributed by atoms with Crippen molar-refractivity contribution in [2.75, 3.05) is 5.32 Å². The third-order valence-electron chi connectivity index (χ3n) is 4.11. The number of H-pyrrole nitrogens is 1. The topological polar surface area (TPSA) is 62.0 Å². The zero-order valence-electron chi connectivity index (χ0n) is 13.8. The summed E-state index contributed by atoms with van der Waals surface area (Å²) in [5.41, 5.74) is 0.379. The van der Waals surface area contributed by atoms with Gasteiger partial charge in [-0.05, 0) is 24.1 Å². The zero-order chi connectivity index (χ0) is 18.9. The van der Waals surface area contributed by atoms with Gasteiger partial charge in [0.2, 0.25) is 0 Å². The van der Waals surface area contributed by atoms with Crippen LogP contribution in [0.15, 0.2) is 48.7 Å². The van der Waals surface area contributed by atoms with Crippen molar-refractivity contribution in [1.82, 2.24) is 4.98 Å². The van der Waals surface area contributed by atoms with Gasteiger partial charge >= 0.3 is 6.18 Å². The van der Waals surface area contributed by atoms with Crippen LogP contribution in [0.3, 0.4) is 0 Å². The summed E-state index contributed by atoms with van der Waals surface area (Å²) in [5.74, 6) is -2.02. The first kappa shape index (κ1) is 17.7. The number of aryl methyl sites for hydroxylation is 1. The summed E-state index contributed by atoms with van der Waals surface area (Å²) in [6.07, 6.45) is -2.50. The van der Waals surface area contributed by atoms with Crippen LogP contribution >= 0.6 is 0 Å². The number of Topliss-reactive ketones (excluding diaryl/α,β-unsaturated/α-hetero) is 1. The Balaban J connectivity index is 1.92. The third-order valence-corrected chi connectivity index (χ3v) is 4.11. The Morgan fingerprint density at radius 3 is 2.50 bits per heavy atom. The van der Waals surface area contributed by atoms with Gasteiger partial charge < -0.3 is 10.3 Å². The molecule has 0 unspecified atom stereocenters. The van der Waals surface area contributed by atoms with E-state index < -0.39 is 29.1 Å². The molecule has 2 aromatic carbocycles. The molecule has 1 heterocycles. The van der Waals surface area contributed by atoms with Crippen molar-refractivity contribution in [3.05, 3.63) is 65.4 Å². The number of ketones is 1. The summed E-state index contributed by atoms with van der Waals surface area (Å²) in [5, 5.41) is 2.64. The van der Waals surface area contributed by atoms with Crippen LogP contribution in [-0.2, 0) is 17.4 Å². The number of fused-ring (bicyclic) bond motifs is 1. The van der Waals surface area contributed by atoms with Crippen molar-refractivity contribution < 1.29 is 22.8 Å². The van der Waals surface area contributed by atoms with E-state index in [4.69, 9.17) is 0 Å². The second-order valence-electron chi connectivity index (χ2n) is 5.72. The van der Waals surface area contributed by atoms with E-state index in [1.54, 1.807) is 12.1 Å². The number of para-hydroxylation sites is 2. The largest absolute Gasteiger partial charge is 0.418 e. The number of amides is 1. The SMILES string of the molecule is CCc1cccc2c(C(=O)C(=O)Nc3ccccc3C(F)(F)F)c[nH]c12. The Labute approximate surface area is 147 Å². The van der Waals surface area contributed by atoms with Crippen molar-refractivity contribution in [2.24, 2.45) is 0 Å². The molecular weight excluding hydrogens is 345 g/mol. The fourth-order valence-electron chi connectivity index (χ4n) is 2.84. The quantitative estimate of drug-likeness (QED) is 0.529. The summed E-state index contributed by atoms with van der Waals surface area (Å²) in [4.78, 5) is 27.7. The normalized spacial score (nSPS) is 11.5. The van der Waals surface area contributed by atoms with Crippen LogP contribution < -0.4 is 5.32 Å². The van der Waals surface area contributed by atoms with Crippen LogP contribution in [-0.4, -0.2) is 16.7 Å². The van der Waals surface area contributed by atoms with E-state index in [9.17, 15) is 22.8 Å². The van der Waals surface area contributed by atoms with Crippen LogP contribution in [0, 0.1) is 0 Å². The molecule has 0 aliphatic rings. The first-order valence-electron chi connectivity index (χ1n) is 7.93. The molecule has 0 saturated carbocycles. The molecule has 0 aliphatic carbocycles. The van der Waals surface area contributed by atoms with E-state index in [1.807, 2.05) is 13.0 Å². The highest BCUT2D eigenvalue weighted by molar-refractivity contribution is 6.48. The predicted molar refractivity (Wildman–Crippen MR) is 92.1 cm³/mol. The fourth-order valence-corrected chi connectivity index (χ4v) is 2.84. The predicted octanol–water partition coefficient (Wildman–Crippen LogP) is 4.57. The summed E-state index contributed by atoms with van der Waals surface area (Å²) >= 11 is 0. The average Bonchev–Trinajstić information content (AvgIpc) is 3.04. The van der Waals surface area contributed by atoms with Crippen molar-refractivity contribution in [3.63, 3.8) is 0 Å². The molecule has 2 N–H and O–H groups in total. The molecule has 26 heavy (non-hydrogen) atoms. The van der Waals surface area contributed by atoms with Crippen LogP contribution in [0.5, 0.6) is 0 Å². The number of anilines is 1. The molecule has 0 aliphatic heterocycles. The Bertz CT molecular complexity index is 990. The lowest BCUT2D eigenvalue weighted by Crippen LogP contribution is -2.24. The number of carbonyl (C=O) groups excluding carboxylic acids is 2. The number of carbonyl (C=O) groups is 2. The molecule has 1 amide bonds. The maximum absolute atomic E-state index is 13.0. The highest BCUT2D eigenvalue weighted by atomic mass is 19.4. The van der Waals surface area contributed by atoms with Gasteiger partial charge in [0.15, 0.2) is 0 Å². The van der Waals surface area contributed by atoms with Gasteiger partial charge in [0, 0.05) is 17.1 Å².